The van der Waals surface area contributed by atoms with Gasteiger partial charge >= 0.3 is 5.97 Å². The number of carbonyl (C=O) groups is 4. The average molecular weight is 389 g/mol. The summed E-state index contributed by atoms with van der Waals surface area (Å²) in [6.45, 7) is 0.542. The number of nitro benzene ring substituents is 1. The highest BCUT2D eigenvalue weighted by molar-refractivity contribution is 6.23. The van der Waals surface area contributed by atoms with Crippen LogP contribution in [0, 0.1) is 16.0 Å². The first-order valence-electron chi connectivity index (χ1n) is 8.84. The van der Waals surface area contributed by atoms with E-state index in [1.165, 1.54) is 30.2 Å². The monoisotopic (exact) mass is 389 g/mol. The van der Waals surface area contributed by atoms with Gasteiger partial charge in [-0.15, -0.1) is 0 Å². The molecular formula is C18H19N3O7. The molecule has 0 saturated carbocycles. The molecule has 2 aliphatic heterocycles. The van der Waals surface area contributed by atoms with Crippen LogP contribution in [0.5, 0.6) is 0 Å². The van der Waals surface area contributed by atoms with Crippen LogP contribution in [0.1, 0.15) is 40.0 Å². The number of carbonyl (C=O) groups excluding carboxylic acids is 4. The van der Waals surface area contributed by atoms with Gasteiger partial charge in [0.25, 0.3) is 17.5 Å². The summed E-state index contributed by atoms with van der Waals surface area (Å²) >= 11 is 0. The van der Waals surface area contributed by atoms with Crippen molar-refractivity contribution in [2.24, 2.45) is 5.92 Å². The molecule has 1 aromatic carbocycles. The van der Waals surface area contributed by atoms with E-state index in [0.717, 1.165) is 4.90 Å². The number of methoxy groups -OCH3 is 1. The number of likely N-dealkylation sites (tertiary alicyclic amines) is 1. The predicted octanol–water partition coefficient (Wildman–Crippen LogP) is 0.992. The summed E-state index contributed by atoms with van der Waals surface area (Å²) in [6, 6.07) is 3.87. The van der Waals surface area contributed by atoms with E-state index in [0.29, 0.717) is 19.4 Å². The summed E-state index contributed by atoms with van der Waals surface area (Å²) in [4.78, 5) is 61.9. The summed E-state index contributed by atoms with van der Waals surface area (Å²) in [5.74, 6) is -2.47. The SMILES string of the molecule is COC(=O)C1CCCN(C(=O)CCN2C(=O)c3cccc([N+](=O)[O-])c3C2=O)C1. The van der Waals surface area contributed by atoms with E-state index in [-0.39, 0.29) is 48.4 Å². The molecular weight excluding hydrogens is 370 g/mol. The van der Waals surface area contributed by atoms with Gasteiger partial charge in [-0.25, -0.2) is 0 Å². The molecule has 10 nitrogen and oxygen atoms in total. The maximum absolute atomic E-state index is 12.5. The maximum atomic E-state index is 12.5. The van der Waals surface area contributed by atoms with Crippen LogP contribution in [0.15, 0.2) is 18.2 Å². The highest BCUT2D eigenvalue weighted by Crippen LogP contribution is 2.30. The van der Waals surface area contributed by atoms with Crippen molar-refractivity contribution < 1.29 is 28.8 Å². The lowest BCUT2D eigenvalue weighted by Gasteiger charge is -2.31. The summed E-state index contributed by atoms with van der Waals surface area (Å²) in [5.41, 5.74) is -0.703. The smallest absolute Gasteiger partial charge is 0.310 e. The van der Waals surface area contributed by atoms with Crippen LogP contribution < -0.4 is 0 Å². The zero-order valence-corrected chi connectivity index (χ0v) is 15.3. The minimum atomic E-state index is -0.772. The van der Waals surface area contributed by atoms with Gasteiger partial charge in [0.15, 0.2) is 0 Å². The van der Waals surface area contributed by atoms with Gasteiger partial charge in [0.1, 0.15) is 5.56 Å². The van der Waals surface area contributed by atoms with E-state index < -0.39 is 22.4 Å². The normalized spacial score (nSPS) is 18.8. The maximum Gasteiger partial charge on any atom is 0.310 e. The number of nitrogens with zero attached hydrogens (tertiary/aromatic N) is 3. The second kappa shape index (κ2) is 7.75. The number of hydrogen-bond donors (Lipinski definition) is 0. The number of fused-ring (bicyclic) bond motifs is 1. The van der Waals surface area contributed by atoms with Gasteiger partial charge in [-0.3, -0.25) is 34.2 Å². The van der Waals surface area contributed by atoms with E-state index in [1.807, 2.05) is 0 Å². The molecule has 1 aromatic rings. The number of nitro groups is 1. The van der Waals surface area contributed by atoms with Gasteiger partial charge in [-0.1, -0.05) is 6.07 Å². The zero-order valence-electron chi connectivity index (χ0n) is 15.3. The molecule has 1 atom stereocenters. The van der Waals surface area contributed by atoms with Gasteiger partial charge < -0.3 is 9.64 Å². The fraction of sp³-hybridized carbons (Fsp3) is 0.444. The molecule has 0 N–H and O–H groups in total. The lowest BCUT2D eigenvalue weighted by Crippen LogP contribution is -2.44. The van der Waals surface area contributed by atoms with E-state index in [4.69, 9.17) is 4.74 Å². The molecule has 0 radical (unpaired) electrons. The summed E-state index contributed by atoms with van der Waals surface area (Å²) < 4.78 is 4.72. The van der Waals surface area contributed by atoms with E-state index in [2.05, 4.69) is 0 Å². The number of esters is 1. The van der Waals surface area contributed by atoms with Crippen LogP contribution in [0.4, 0.5) is 5.69 Å². The standard InChI is InChI=1S/C18H19N3O7/c1-28-18(25)11-4-3-8-19(10-11)14(22)7-9-20-16(23)12-5-2-6-13(21(26)27)15(12)17(20)24/h2,5-6,11H,3-4,7-10H2,1H3. The lowest BCUT2D eigenvalue weighted by atomic mass is 9.98. The largest absolute Gasteiger partial charge is 0.469 e. The third-order valence-corrected chi connectivity index (χ3v) is 5.03. The quantitative estimate of drug-likeness (QED) is 0.318. The van der Waals surface area contributed by atoms with Crippen molar-refractivity contribution in [1.29, 1.82) is 0 Å². The lowest BCUT2D eigenvalue weighted by molar-refractivity contribution is -0.385. The van der Waals surface area contributed by atoms with Crippen molar-refractivity contribution >= 4 is 29.4 Å². The van der Waals surface area contributed by atoms with Gasteiger partial charge in [-0.05, 0) is 18.9 Å². The van der Waals surface area contributed by atoms with Crippen LogP contribution in [-0.2, 0) is 14.3 Å². The Kier molecular flexibility index (Phi) is 5.39. The van der Waals surface area contributed by atoms with Crippen molar-refractivity contribution in [3.05, 3.63) is 39.4 Å². The Hall–Kier alpha value is -3.30. The molecule has 10 heteroatoms. The fourth-order valence-electron chi connectivity index (χ4n) is 3.60. The topological polar surface area (TPSA) is 127 Å². The van der Waals surface area contributed by atoms with Gasteiger partial charge in [0, 0.05) is 32.1 Å². The molecule has 1 saturated heterocycles. The molecule has 3 amide bonds. The third kappa shape index (κ3) is 3.45. The van der Waals surface area contributed by atoms with E-state index in [1.54, 1.807) is 0 Å². The van der Waals surface area contributed by atoms with Crippen molar-refractivity contribution in [1.82, 2.24) is 9.80 Å². The van der Waals surface area contributed by atoms with E-state index in [9.17, 15) is 29.3 Å². The first-order chi connectivity index (χ1) is 13.3. The summed E-state index contributed by atoms with van der Waals surface area (Å²) in [7, 11) is 1.30. The van der Waals surface area contributed by atoms with Crippen molar-refractivity contribution in [2.75, 3.05) is 26.7 Å². The number of amides is 3. The number of piperidine rings is 1. The van der Waals surface area contributed by atoms with Crippen LogP contribution in [0.2, 0.25) is 0 Å². The Morgan fingerprint density at radius 3 is 2.71 bits per heavy atom. The predicted molar refractivity (Wildman–Crippen MR) is 94.4 cm³/mol. The first-order valence-corrected chi connectivity index (χ1v) is 8.84. The zero-order chi connectivity index (χ0) is 20.4. The first kappa shape index (κ1) is 19.5. The molecule has 1 fully saturated rings. The Morgan fingerprint density at radius 1 is 1.29 bits per heavy atom. The molecule has 0 spiro atoms. The number of ether oxygens (including phenoxy) is 1. The molecule has 1 unspecified atom stereocenters. The molecule has 3 rings (SSSR count). The molecule has 2 aliphatic rings. The minimum Gasteiger partial charge on any atom is -0.469 e. The van der Waals surface area contributed by atoms with Gasteiger partial charge in [-0.2, -0.15) is 0 Å². The Labute approximate surface area is 160 Å². The van der Waals surface area contributed by atoms with Crippen molar-refractivity contribution in [3.8, 4) is 0 Å². The van der Waals surface area contributed by atoms with Crippen molar-refractivity contribution in [3.63, 3.8) is 0 Å². The minimum absolute atomic E-state index is 0.0321. The van der Waals surface area contributed by atoms with Gasteiger partial charge in [0.05, 0.1) is 23.5 Å². The number of rotatable bonds is 5. The van der Waals surface area contributed by atoms with Crippen LogP contribution in [0.3, 0.4) is 0 Å². The summed E-state index contributed by atoms with van der Waals surface area (Å²) in [5, 5.41) is 11.1. The molecule has 0 aromatic heterocycles. The second-order valence-corrected chi connectivity index (χ2v) is 6.67. The van der Waals surface area contributed by atoms with Gasteiger partial charge in [0.2, 0.25) is 5.91 Å². The Balaban J connectivity index is 1.67. The molecule has 0 aliphatic carbocycles. The molecule has 148 valence electrons. The Morgan fingerprint density at radius 2 is 2.04 bits per heavy atom. The number of imide groups is 1. The summed E-state index contributed by atoms with van der Waals surface area (Å²) in [6.07, 6.45) is 1.18. The van der Waals surface area contributed by atoms with Crippen LogP contribution in [-0.4, -0.2) is 65.2 Å². The molecule has 2 heterocycles. The molecule has 0 bridgehead atoms. The Bertz CT molecular complexity index is 867. The van der Waals surface area contributed by atoms with Crippen molar-refractivity contribution in [2.45, 2.75) is 19.3 Å². The number of benzene rings is 1. The fourth-order valence-corrected chi connectivity index (χ4v) is 3.60. The van der Waals surface area contributed by atoms with Crippen LogP contribution >= 0.6 is 0 Å². The number of hydrogen-bond acceptors (Lipinski definition) is 7. The third-order valence-electron chi connectivity index (χ3n) is 5.03. The highest BCUT2D eigenvalue weighted by Gasteiger charge is 2.41. The van der Waals surface area contributed by atoms with Crippen LogP contribution in [0.25, 0.3) is 0 Å². The highest BCUT2D eigenvalue weighted by atomic mass is 16.6. The average Bonchev–Trinajstić information content (AvgIpc) is 2.95. The van der Waals surface area contributed by atoms with E-state index >= 15 is 0 Å². The molecule has 28 heavy (non-hydrogen) atoms. The second-order valence-electron chi connectivity index (χ2n) is 6.67.